The van der Waals surface area contributed by atoms with Gasteiger partial charge in [-0.3, -0.25) is 14.9 Å². The number of carbonyl (C=O) groups is 2. The smallest absolute Gasteiger partial charge is 0.346 e. The van der Waals surface area contributed by atoms with Crippen LogP contribution in [0.3, 0.4) is 0 Å². The van der Waals surface area contributed by atoms with Gasteiger partial charge < -0.3 is 10.1 Å². The Morgan fingerprint density at radius 1 is 1.43 bits per heavy atom. The zero-order valence-electron chi connectivity index (χ0n) is 12.2. The van der Waals surface area contributed by atoms with E-state index in [0.29, 0.717) is 12.1 Å². The van der Waals surface area contributed by atoms with Crippen LogP contribution in [0.5, 0.6) is 0 Å². The molecule has 0 aliphatic carbocycles. The van der Waals surface area contributed by atoms with Crippen LogP contribution < -0.4 is 5.32 Å². The summed E-state index contributed by atoms with van der Waals surface area (Å²) in [5, 5.41) is 13.5. The molecular weight excluding hydrogens is 276 g/mol. The number of aryl methyl sites for hydroxylation is 1. The first kappa shape index (κ1) is 16.6. The molecule has 0 aromatic heterocycles. The number of nitro groups is 1. The fourth-order valence-corrected chi connectivity index (χ4v) is 1.73. The Morgan fingerprint density at radius 2 is 2.10 bits per heavy atom. The number of esters is 1. The van der Waals surface area contributed by atoms with Gasteiger partial charge in [0.15, 0.2) is 6.10 Å². The van der Waals surface area contributed by atoms with Gasteiger partial charge in [0.2, 0.25) is 0 Å². The van der Waals surface area contributed by atoms with Crippen LogP contribution in [0, 0.1) is 17.0 Å². The molecule has 0 saturated heterocycles. The number of ether oxygens (including phenoxy) is 1. The lowest BCUT2D eigenvalue weighted by molar-refractivity contribution is -0.385. The standard InChI is InChI=1S/C14H18N2O5/c1-4-8-15-13(17)10(3)21-14(18)12-9(2)6-5-7-11(12)16(19)20/h5-7,10H,4,8H2,1-3H3,(H,15,17)/t10-/m1/s1. The highest BCUT2D eigenvalue weighted by Gasteiger charge is 2.26. The van der Waals surface area contributed by atoms with Gasteiger partial charge in [-0.05, 0) is 25.8 Å². The average Bonchev–Trinajstić information content (AvgIpc) is 2.43. The quantitative estimate of drug-likeness (QED) is 0.491. The van der Waals surface area contributed by atoms with E-state index in [-0.39, 0.29) is 11.3 Å². The van der Waals surface area contributed by atoms with Crippen molar-refractivity contribution < 1.29 is 19.2 Å². The Balaban J connectivity index is 2.90. The Hall–Kier alpha value is -2.44. The Kier molecular flexibility index (Phi) is 5.83. The summed E-state index contributed by atoms with van der Waals surface area (Å²) >= 11 is 0. The van der Waals surface area contributed by atoms with E-state index in [1.165, 1.54) is 19.1 Å². The second-order valence-electron chi connectivity index (χ2n) is 4.56. The highest BCUT2D eigenvalue weighted by Crippen LogP contribution is 2.23. The third-order valence-corrected chi connectivity index (χ3v) is 2.85. The summed E-state index contributed by atoms with van der Waals surface area (Å²) in [5.41, 5.74) is -0.0332. The first-order valence-electron chi connectivity index (χ1n) is 6.61. The predicted molar refractivity (Wildman–Crippen MR) is 76.0 cm³/mol. The van der Waals surface area contributed by atoms with Crippen molar-refractivity contribution >= 4 is 17.6 Å². The minimum Gasteiger partial charge on any atom is -0.449 e. The average molecular weight is 294 g/mol. The highest BCUT2D eigenvalue weighted by molar-refractivity contribution is 5.97. The molecule has 0 saturated carbocycles. The lowest BCUT2D eigenvalue weighted by atomic mass is 10.1. The molecule has 114 valence electrons. The van der Waals surface area contributed by atoms with Gasteiger partial charge in [-0.2, -0.15) is 0 Å². The number of amides is 1. The van der Waals surface area contributed by atoms with Crippen molar-refractivity contribution in [3.05, 3.63) is 39.4 Å². The van der Waals surface area contributed by atoms with Gasteiger partial charge in [0, 0.05) is 12.6 Å². The zero-order chi connectivity index (χ0) is 16.0. The molecule has 0 heterocycles. The van der Waals surface area contributed by atoms with Crippen LogP contribution in [0.4, 0.5) is 5.69 Å². The van der Waals surface area contributed by atoms with E-state index in [1.807, 2.05) is 6.92 Å². The molecule has 0 bridgehead atoms. The fourth-order valence-electron chi connectivity index (χ4n) is 1.73. The van der Waals surface area contributed by atoms with Gasteiger partial charge in [0.25, 0.3) is 11.6 Å². The molecule has 0 fully saturated rings. The minimum atomic E-state index is -1.01. The SMILES string of the molecule is CCCNC(=O)[C@@H](C)OC(=O)c1c(C)cccc1[N+](=O)[O-]. The zero-order valence-corrected chi connectivity index (χ0v) is 12.2. The number of nitro benzene ring substituents is 1. The topological polar surface area (TPSA) is 98.5 Å². The summed E-state index contributed by atoms with van der Waals surface area (Å²) in [5.74, 6) is -1.31. The van der Waals surface area contributed by atoms with E-state index >= 15 is 0 Å². The lowest BCUT2D eigenvalue weighted by Gasteiger charge is -2.14. The van der Waals surface area contributed by atoms with E-state index in [1.54, 1.807) is 13.0 Å². The lowest BCUT2D eigenvalue weighted by Crippen LogP contribution is -2.36. The van der Waals surface area contributed by atoms with Crippen molar-refractivity contribution in [2.24, 2.45) is 0 Å². The molecule has 0 spiro atoms. The van der Waals surface area contributed by atoms with Crippen molar-refractivity contribution in [2.45, 2.75) is 33.3 Å². The summed E-state index contributed by atoms with van der Waals surface area (Å²) in [6.45, 7) is 5.37. The predicted octanol–water partition coefficient (Wildman–Crippen LogP) is 1.97. The Labute approximate surface area is 122 Å². The number of carbonyl (C=O) groups excluding carboxylic acids is 2. The molecule has 0 unspecified atom stereocenters. The molecule has 1 N–H and O–H groups in total. The number of rotatable bonds is 6. The van der Waals surface area contributed by atoms with E-state index in [2.05, 4.69) is 5.32 Å². The van der Waals surface area contributed by atoms with Crippen molar-refractivity contribution in [3.63, 3.8) is 0 Å². The van der Waals surface area contributed by atoms with Gasteiger partial charge in [-0.15, -0.1) is 0 Å². The molecule has 0 aliphatic rings. The molecule has 1 aromatic rings. The summed E-state index contributed by atoms with van der Waals surface area (Å²) in [6, 6.07) is 4.29. The Bertz CT molecular complexity index is 556. The number of nitrogens with zero attached hydrogens (tertiary/aromatic N) is 1. The van der Waals surface area contributed by atoms with Crippen LogP contribution in [0.25, 0.3) is 0 Å². The largest absolute Gasteiger partial charge is 0.449 e. The van der Waals surface area contributed by atoms with Crippen LogP contribution >= 0.6 is 0 Å². The van der Waals surface area contributed by atoms with Crippen molar-refractivity contribution in [1.82, 2.24) is 5.32 Å². The van der Waals surface area contributed by atoms with E-state index < -0.39 is 22.9 Å². The maximum absolute atomic E-state index is 12.1. The van der Waals surface area contributed by atoms with Crippen LogP contribution in [0.2, 0.25) is 0 Å². The third-order valence-electron chi connectivity index (χ3n) is 2.85. The summed E-state index contributed by atoms with van der Waals surface area (Å²) in [4.78, 5) is 34.0. The van der Waals surface area contributed by atoms with E-state index in [9.17, 15) is 19.7 Å². The number of hydrogen-bond acceptors (Lipinski definition) is 5. The van der Waals surface area contributed by atoms with Gasteiger partial charge in [-0.25, -0.2) is 4.79 Å². The normalized spacial score (nSPS) is 11.6. The van der Waals surface area contributed by atoms with Crippen LogP contribution in [-0.4, -0.2) is 29.4 Å². The third kappa shape index (κ3) is 4.27. The summed E-state index contributed by atoms with van der Waals surface area (Å²) in [6.07, 6.45) is -0.251. The summed E-state index contributed by atoms with van der Waals surface area (Å²) in [7, 11) is 0. The van der Waals surface area contributed by atoms with E-state index in [4.69, 9.17) is 4.74 Å². The highest BCUT2D eigenvalue weighted by atomic mass is 16.6. The molecule has 1 aromatic carbocycles. The molecule has 0 radical (unpaired) electrons. The van der Waals surface area contributed by atoms with Gasteiger partial charge in [0.1, 0.15) is 5.56 Å². The molecule has 1 amide bonds. The van der Waals surface area contributed by atoms with Crippen molar-refractivity contribution in [2.75, 3.05) is 6.54 Å². The maximum Gasteiger partial charge on any atom is 0.346 e. The molecule has 1 atom stereocenters. The van der Waals surface area contributed by atoms with Crippen molar-refractivity contribution in [1.29, 1.82) is 0 Å². The van der Waals surface area contributed by atoms with Crippen LogP contribution in [0.15, 0.2) is 18.2 Å². The molecule has 7 nitrogen and oxygen atoms in total. The van der Waals surface area contributed by atoms with E-state index in [0.717, 1.165) is 6.42 Å². The minimum absolute atomic E-state index is 0.127. The van der Waals surface area contributed by atoms with Crippen LogP contribution in [-0.2, 0) is 9.53 Å². The first-order valence-corrected chi connectivity index (χ1v) is 6.61. The molecule has 21 heavy (non-hydrogen) atoms. The molecular formula is C14H18N2O5. The number of hydrogen-bond donors (Lipinski definition) is 1. The molecule has 7 heteroatoms. The monoisotopic (exact) mass is 294 g/mol. The Morgan fingerprint density at radius 3 is 2.67 bits per heavy atom. The summed E-state index contributed by atoms with van der Waals surface area (Å²) < 4.78 is 5.01. The molecule has 0 aliphatic heterocycles. The van der Waals surface area contributed by atoms with Gasteiger partial charge in [-0.1, -0.05) is 19.1 Å². The second-order valence-corrected chi connectivity index (χ2v) is 4.56. The molecule has 1 rings (SSSR count). The maximum atomic E-state index is 12.1. The number of nitrogens with one attached hydrogen (secondary N) is 1. The first-order chi connectivity index (χ1) is 9.88. The fraction of sp³-hybridized carbons (Fsp3) is 0.429. The van der Waals surface area contributed by atoms with Crippen LogP contribution in [0.1, 0.15) is 36.2 Å². The van der Waals surface area contributed by atoms with Crippen molar-refractivity contribution in [3.8, 4) is 0 Å². The number of benzene rings is 1. The van der Waals surface area contributed by atoms with Gasteiger partial charge in [0.05, 0.1) is 4.92 Å². The second kappa shape index (κ2) is 7.37. The van der Waals surface area contributed by atoms with Gasteiger partial charge >= 0.3 is 5.97 Å².